The molecule has 1 atom stereocenters. The quantitative estimate of drug-likeness (QED) is 0.648. The van der Waals surface area contributed by atoms with Crippen LogP contribution in [0, 0.1) is 5.41 Å². The Morgan fingerprint density at radius 2 is 2.38 bits per heavy atom. The van der Waals surface area contributed by atoms with E-state index in [-0.39, 0.29) is 0 Å². The van der Waals surface area contributed by atoms with Crippen LogP contribution in [-0.2, 0) is 0 Å². The van der Waals surface area contributed by atoms with Crippen LogP contribution >= 0.6 is 27.3 Å². The molecule has 0 aliphatic heterocycles. The molecule has 1 aliphatic carbocycles. The van der Waals surface area contributed by atoms with Gasteiger partial charge in [-0.3, -0.25) is 11.3 Å². The van der Waals surface area contributed by atoms with E-state index in [0.29, 0.717) is 11.5 Å². The lowest BCUT2D eigenvalue weighted by atomic mass is 9.98. The smallest absolute Gasteiger partial charge is 0.0618 e. The van der Waals surface area contributed by atoms with Crippen molar-refractivity contribution in [3.05, 3.63) is 20.8 Å². The van der Waals surface area contributed by atoms with Gasteiger partial charge >= 0.3 is 0 Å². The van der Waals surface area contributed by atoms with Crippen LogP contribution in [0.25, 0.3) is 0 Å². The predicted molar refractivity (Wildman–Crippen MR) is 59.4 cm³/mol. The van der Waals surface area contributed by atoms with Crippen LogP contribution in [0.15, 0.2) is 15.9 Å². The molecule has 72 valence electrons. The van der Waals surface area contributed by atoms with E-state index in [9.17, 15) is 0 Å². The Bertz CT molecular complexity index is 306. The SMILES string of the molecule is CC1(C(NN)c2sccc2Br)CC1. The highest BCUT2D eigenvalue weighted by Gasteiger charge is 2.46. The van der Waals surface area contributed by atoms with Gasteiger partial charge in [0.05, 0.1) is 6.04 Å². The van der Waals surface area contributed by atoms with Gasteiger partial charge in [0.1, 0.15) is 0 Å². The zero-order chi connectivity index (χ0) is 9.47. The average Bonchev–Trinajstić information content (AvgIpc) is 2.69. The minimum Gasteiger partial charge on any atom is -0.271 e. The Hall–Kier alpha value is 0.100. The van der Waals surface area contributed by atoms with E-state index in [1.807, 2.05) is 0 Å². The van der Waals surface area contributed by atoms with Crippen LogP contribution in [0.3, 0.4) is 0 Å². The molecule has 0 radical (unpaired) electrons. The second kappa shape index (κ2) is 3.35. The maximum Gasteiger partial charge on any atom is 0.0618 e. The summed E-state index contributed by atoms with van der Waals surface area (Å²) >= 11 is 5.30. The molecule has 1 aliphatic rings. The molecule has 2 nitrogen and oxygen atoms in total. The molecule has 0 aromatic carbocycles. The van der Waals surface area contributed by atoms with Crippen molar-refractivity contribution in [2.24, 2.45) is 11.3 Å². The molecular weight excluding hydrogens is 248 g/mol. The summed E-state index contributed by atoms with van der Waals surface area (Å²) in [5.41, 5.74) is 3.31. The molecule has 1 unspecified atom stereocenters. The molecule has 1 saturated carbocycles. The van der Waals surface area contributed by atoms with Crippen LogP contribution in [-0.4, -0.2) is 0 Å². The van der Waals surface area contributed by atoms with E-state index in [0.717, 1.165) is 0 Å². The van der Waals surface area contributed by atoms with E-state index in [1.165, 1.54) is 22.2 Å². The molecule has 1 fully saturated rings. The molecule has 0 spiro atoms. The van der Waals surface area contributed by atoms with Crippen molar-refractivity contribution in [1.82, 2.24) is 5.43 Å². The largest absolute Gasteiger partial charge is 0.271 e. The standard InChI is InChI=1S/C9H13BrN2S/c1-9(3-4-9)8(12-11)7-6(10)2-5-13-7/h2,5,8,12H,3-4,11H2,1H3. The van der Waals surface area contributed by atoms with Crippen molar-refractivity contribution in [2.75, 3.05) is 0 Å². The highest BCUT2D eigenvalue weighted by atomic mass is 79.9. The highest BCUT2D eigenvalue weighted by Crippen LogP contribution is 2.55. The van der Waals surface area contributed by atoms with Crippen LogP contribution in [0.2, 0.25) is 0 Å². The first kappa shape index (κ1) is 9.65. The first-order valence-corrected chi connectivity index (χ1v) is 6.04. The Kier molecular flexibility index (Phi) is 2.49. The molecule has 0 saturated heterocycles. The van der Waals surface area contributed by atoms with Gasteiger partial charge in [-0.25, -0.2) is 0 Å². The summed E-state index contributed by atoms with van der Waals surface area (Å²) in [6, 6.07) is 2.39. The maximum absolute atomic E-state index is 5.59. The third-order valence-electron chi connectivity index (χ3n) is 2.81. The van der Waals surface area contributed by atoms with E-state index in [4.69, 9.17) is 5.84 Å². The number of thiophene rings is 1. The van der Waals surface area contributed by atoms with E-state index >= 15 is 0 Å². The van der Waals surface area contributed by atoms with Gasteiger partial charge in [-0.15, -0.1) is 11.3 Å². The molecule has 4 heteroatoms. The van der Waals surface area contributed by atoms with Gasteiger partial charge in [-0.1, -0.05) is 6.92 Å². The Balaban J connectivity index is 2.27. The van der Waals surface area contributed by atoms with Gasteiger partial charge in [-0.05, 0) is 45.6 Å². The molecule has 1 heterocycles. The molecule has 0 amide bonds. The minimum absolute atomic E-state index is 0.307. The second-order valence-corrected chi connectivity index (χ2v) is 5.69. The Morgan fingerprint density at radius 1 is 1.69 bits per heavy atom. The number of hydrazine groups is 1. The maximum atomic E-state index is 5.59. The minimum atomic E-state index is 0.307. The summed E-state index contributed by atoms with van der Waals surface area (Å²) in [5.74, 6) is 5.59. The number of hydrogen-bond acceptors (Lipinski definition) is 3. The van der Waals surface area contributed by atoms with Gasteiger partial charge in [0.15, 0.2) is 0 Å². The molecule has 2 rings (SSSR count). The third kappa shape index (κ3) is 1.68. The second-order valence-electron chi connectivity index (χ2n) is 3.89. The van der Waals surface area contributed by atoms with E-state index in [2.05, 4.69) is 39.7 Å². The predicted octanol–water partition coefficient (Wildman–Crippen LogP) is 2.82. The monoisotopic (exact) mass is 260 g/mol. The number of hydrogen-bond donors (Lipinski definition) is 2. The molecule has 1 aromatic rings. The summed E-state index contributed by atoms with van der Waals surface area (Å²) in [5, 5.41) is 2.09. The summed E-state index contributed by atoms with van der Waals surface area (Å²) in [7, 11) is 0. The van der Waals surface area contributed by atoms with Gasteiger partial charge in [0.25, 0.3) is 0 Å². The van der Waals surface area contributed by atoms with Gasteiger partial charge in [0.2, 0.25) is 0 Å². The van der Waals surface area contributed by atoms with Crippen LogP contribution in [0.4, 0.5) is 0 Å². The fourth-order valence-electron chi connectivity index (χ4n) is 1.59. The van der Waals surface area contributed by atoms with E-state index < -0.39 is 0 Å². The number of nitrogens with two attached hydrogens (primary N) is 1. The van der Waals surface area contributed by atoms with Crippen molar-refractivity contribution in [1.29, 1.82) is 0 Å². The summed E-state index contributed by atoms with van der Waals surface area (Å²) in [4.78, 5) is 1.32. The molecular formula is C9H13BrN2S. The molecule has 0 bridgehead atoms. The lowest BCUT2D eigenvalue weighted by Crippen LogP contribution is -2.33. The Labute approximate surface area is 90.6 Å². The van der Waals surface area contributed by atoms with E-state index in [1.54, 1.807) is 11.3 Å². The number of halogens is 1. The fraction of sp³-hybridized carbons (Fsp3) is 0.556. The average molecular weight is 261 g/mol. The summed E-state index contributed by atoms with van der Waals surface area (Å²) in [6.07, 6.45) is 2.54. The molecule has 1 aromatic heterocycles. The van der Waals surface area contributed by atoms with Crippen LogP contribution in [0.1, 0.15) is 30.7 Å². The number of rotatable bonds is 3. The zero-order valence-corrected chi connectivity index (χ0v) is 9.91. The van der Waals surface area contributed by atoms with Gasteiger partial charge < -0.3 is 0 Å². The number of nitrogens with one attached hydrogen (secondary N) is 1. The van der Waals surface area contributed by atoms with Gasteiger partial charge in [0, 0.05) is 9.35 Å². The normalized spacial score (nSPS) is 21.5. The molecule has 13 heavy (non-hydrogen) atoms. The summed E-state index contributed by atoms with van der Waals surface area (Å²) in [6.45, 7) is 2.28. The van der Waals surface area contributed by atoms with Crippen LogP contribution < -0.4 is 11.3 Å². The lowest BCUT2D eigenvalue weighted by molar-refractivity contribution is 0.377. The fourth-order valence-corrected chi connectivity index (χ4v) is 3.43. The van der Waals surface area contributed by atoms with Gasteiger partial charge in [-0.2, -0.15) is 0 Å². The van der Waals surface area contributed by atoms with Crippen molar-refractivity contribution >= 4 is 27.3 Å². The zero-order valence-electron chi connectivity index (χ0n) is 7.51. The first-order chi connectivity index (χ1) is 6.17. The van der Waals surface area contributed by atoms with Crippen molar-refractivity contribution in [3.8, 4) is 0 Å². The molecule has 3 N–H and O–H groups in total. The summed E-state index contributed by atoms with van der Waals surface area (Å²) < 4.78 is 1.17. The van der Waals surface area contributed by atoms with Crippen molar-refractivity contribution < 1.29 is 0 Å². The van der Waals surface area contributed by atoms with Crippen LogP contribution in [0.5, 0.6) is 0 Å². The first-order valence-electron chi connectivity index (χ1n) is 4.36. The Morgan fingerprint density at radius 3 is 2.77 bits per heavy atom. The third-order valence-corrected chi connectivity index (χ3v) is 4.74. The van der Waals surface area contributed by atoms with Crippen molar-refractivity contribution in [2.45, 2.75) is 25.8 Å². The van der Waals surface area contributed by atoms with Crippen molar-refractivity contribution in [3.63, 3.8) is 0 Å². The topological polar surface area (TPSA) is 38.0 Å². The highest BCUT2D eigenvalue weighted by molar-refractivity contribution is 9.10. The lowest BCUT2D eigenvalue weighted by Gasteiger charge is -2.21.